The van der Waals surface area contributed by atoms with Gasteiger partial charge in [-0.2, -0.15) is 0 Å². The molecule has 0 aliphatic heterocycles. The molecule has 5 heteroatoms. The van der Waals surface area contributed by atoms with E-state index in [4.69, 9.17) is 11.3 Å². The lowest BCUT2D eigenvalue weighted by atomic mass is 10.3. The van der Waals surface area contributed by atoms with Gasteiger partial charge in [-0.05, 0) is 24.3 Å². The summed E-state index contributed by atoms with van der Waals surface area (Å²) in [7, 11) is 0. The van der Waals surface area contributed by atoms with Gasteiger partial charge in [0.15, 0.2) is 10.8 Å². The third-order valence-corrected chi connectivity index (χ3v) is 1.06. The average molecular weight is 172 g/mol. The Hall–Kier alpha value is -1.38. The highest BCUT2D eigenvalue weighted by molar-refractivity contribution is 5.85. The third kappa shape index (κ3) is 2.80. The fourth-order valence-corrected chi connectivity index (χ4v) is 0.599. The van der Waals surface area contributed by atoms with Crippen molar-refractivity contribution < 1.29 is 0 Å². The highest BCUT2D eigenvalue weighted by Gasteiger charge is 1.91. The van der Waals surface area contributed by atoms with Crippen LogP contribution in [0.25, 0.3) is 0 Å². The highest BCUT2D eigenvalue weighted by atomic mass is 35.5. The minimum atomic E-state index is 0. The number of hydrogen-bond acceptors (Lipinski definition) is 3. The van der Waals surface area contributed by atoms with Crippen molar-refractivity contribution in [3.05, 3.63) is 24.3 Å². The lowest BCUT2D eigenvalue weighted by Crippen LogP contribution is -1.80. The van der Waals surface area contributed by atoms with Crippen LogP contribution in [0.4, 0.5) is 11.4 Å². The smallest absolute Gasteiger partial charge is 0.220 e. The van der Waals surface area contributed by atoms with Crippen molar-refractivity contribution in [3.63, 3.8) is 0 Å². The number of hydrogen-bond donors (Lipinski definition) is 2. The topological polar surface area (TPSA) is 76.3 Å². The van der Waals surface area contributed by atoms with Crippen LogP contribution in [0.3, 0.4) is 0 Å². The van der Waals surface area contributed by atoms with Gasteiger partial charge in [0.05, 0.1) is 0 Å². The van der Waals surface area contributed by atoms with Crippen LogP contribution in [-0.2, 0) is 0 Å². The van der Waals surface area contributed by atoms with Crippen molar-refractivity contribution >= 4 is 23.8 Å². The number of benzene rings is 1. The van der Waals surface area contributed by atoms with Crippen LogP contribution in [0.1, 0.15) is 0 Å². The van der Waals surface area contributed by atoms with E-state index in [1.807, 2.05) is 0 Å². The first kappa shape index (κ1) is 9.62. The van der Waals surface area contributed by atoms with Gasteiger partial charge >= 0.3 is 0 Å². The van der Waals surface area contributed by atoms with E-state index in [2.05, 4.69) is 10.0 Å². The van der Waals surface area contributed by atoms with Gasteiger partial charge in [-0.15, -0.1) is 12.4 Å². The molecule has 3 N–H and O–H groups in total. The van der Waals surface area contributed by atoms with E-state index >= 15 is 0 Å². The summed E-state index contributed by atoms with van der Waals surface area (Å²) < 4.78 is 0. The normalized spacial score (nSPS) is 7.64. The standard InChI is InChI=1S/C6H6N4.ClH/c7-5-1-3-6(4-2-5)9-10-8;/h1-4,7-8H;1H/p+1. The molecule has 0 aliphatic rings. The first-order valence-corrected chi connectivity index (χ1v) is 2.76. The minimum absolute atomic E-state index is 0. The van der Waals surface area contributed by atoms with Crippen molar-refractivity contribution in [1.82, 2.24) is 4.91 Å². The first-order valence-electron chi connectivity index (χ1n) is 2.76. The molecule has 4 nitrogen and oxygen atoms in total. The zero-order valence-electron chi connectivity index (χ0n) is 5.69. The summed E-state index contributed by atoms with van der Waals surface area (Å²) in [4.78, 5) is 2.87. The number of nitrogens with two attached hydrogens (primary N) is 1. The molecule has 11 heavy (non-hydrogen) atoms. The molecule has 0 fully saturated rings. The van der Waals surface area contributed by atoms with Gasteiger partial charge in [0, 0.05) is 5.69 Å². The van der Waals surface area contributed by atoms with Crippen molar-refractivity contribution in [2.75, 3.05) is 5.73 Å². The second kappa shape index (κ2) is 4.44. The molecular weight excluding hydrogens is 164 g/mol. The van der Waals surface area contributed by atoms with Crippen LogP contribution in [-0.4, -0.2) is 0 Å². The maximum Gasteiger partial charge on any atom is 0.220 e. The molecule has 0 aliphatic carbocycles. The largest absolute Gasteiger partial charge is 0.399 e. The predicted molar refractivity (Wildman–Crippen MR) is 45.0 cm³/mol. The summed E-state index contributed by atoms with van der Waals surface area (Å²) in [5, 5.41) is 3.48. The molecule has 0 saturated heterocycles. The van der Waals surface area contributed by atoms with Gasteiger partial charge in [0.1, 0.15) is 5.53 Å². The summed E-state index contributed by atoms with van der Waals surface area (Å²) in [5.74, 6) is 0. The molecular formula is C6H8ClN4+. The van der Waals surface area contributed by atoms with Gasteiger partial charge in [0.25, 0.3) is 0 Å². The van der Waals surface area contributed by atoms with Crippen molar-refractivity contribution in [1.29, 1.82) is 5.53 Å². The Bertz CT molecular complexity index is 262. The molecule has 0 aromatic heterocycles. The van der Waals surface area contributed by atoms with Crippen LogP contribution in [0.15, 0.2) is 29.4 Å². The van der Waals surface area contributed by atoms with Crippen LogP contribution in [0, 0.1) is 5.53 Å². The number of anilines is 1. The Labute approximate surface area is 70.1 Å². The lowest BCUT2D eigenvalue weighted by Gasteiger charge is -1.86. The second-order valence-corrected chi connectivity index (χ2v) is 1.79. The predicted octanol–water partition coefficient (Wildman–Crippen LogP) is 1.87. The Morgan fingerprint density at radius 1 is 1.27 bits per heavy atom. The van der Waals surface area contributed by atoms with Gasteiger partial charge in [0.2, 0.25) is 4.91 Å². The molecule has 0 atom stereocenters. The molecule has 0 heterocycles. The van der Waals surface area contributed by atoms with Gasteiger partial charge < -0.3 is 5.73 Å². The third-order valence-electron chi connectivity index (χ3n) is 1.06. The molecule has 0 saturated carbocycles. The SMILES string of the molecule is Cl.N=[N+]=Nc1ccc(N)cc1. The molecule has 58 valence electrons. The first-order chi connectivity index (χ1) is 4.83. The molecule has 0 bridgehead atoms. The van der Waals surface area contributed by atoms with E-state index in [0.717, 1.165) is 0 Å². The molecule has 0 radical (unpaired) electrons. The van der Waals surface area contributed by atoms with E-state index < -0.39 is 0 Å². The molecule has 1 aromatic rings. The second-order valence-electron chi connectivity index (χ2n) is 1.79. The Kier molecular flexibility index (Phi) is 3.88. The van der Waals surface area contributed by atoms with Crippen LogP contribution in [0.5, 0.6) is 0 Å². The number of nitrogens with one attached hydrogen (secondary N) is 1. The number of nitrogen functional groups attached to an aromatic ring is 1. The van der Waals surface area contributed by atoms with Gasteiger partial charge in [-0.25, -0.2) is 0 Å². The van der Waals surface area contributed by atoms with Crippen molar-refractivity contribution in [3.8, 4) is 0 Å². The molecule has 0 amide bonds. The maximum atomic E-state index is 6.42. The zero-order valence-corrected chi connectivity index (χ0v) is 6.51. The summed E-state index contributed by atoms with van der Waals surface area (Å²) in [6.07, 6.45) is 0. The van der Waals surface area contributed by atoms with Gasteiger partial charge in [-0.1, -0.05) is 0 Å². The van der Waals surface area contributed by atoms with E-state index in [9.17, 15) is 0 Å². The number of nitrogens with zero attached hydrogens (tertiary/aromatic N) is 2. The summed E-state index contributed by atoms with van der Waals surface area (Å²) in [6.45, 7) is 0. The Balaban J connectivity index is 0.000001000. The van der Waals surface area contributed by atoms with E-state index in [1.54, 1.807) is 24.3 Å². The van der Waals surface area contributed by atoms with E-state index in [-0.39, 0.29) is 12.4 Å². The van der Waals surface area contributed by atoms with Crippen molar-refractivity contribution in [2.24, 2.45) is 5.11 Å². The van der Waals surface area contributed by atoms with Crippen LogP contribution in [0.2, 0.25) is 0 Å². The van der Waals surface area contributed by atoms with Crippen LogP contribution >= 0.6 is 12.4 Å². The zero-order chi connectivity index (χ0) is 7.40. The molecule has 0 spiro atoms. The fraction of sp³-hybridized carbons (Fsp3) is 0. The van der Waals surface area contributed by atoms with Crippen molar-refractivity contribution in [2.45, 2.75) is 0 Å². The maximum absolute atomic E-state index is 6.42. The quantitative estimate of drug-likeness (QED) is 0.378. The lowest BCUT2D eigenvalue weighted by molar-refractivity contribution is 0.992. The molecule has 1 aromatic carbocycles. The summed E-state index contributed by atoms with van der Waals surface area (Å²) in [5.41, 5.74) is 13.2. The van der Waals surface area contributed by atoms with Crippen LogP contribution < -0.4 is 10.6 Å². The Morgan fingerprint density at radius 2 is 1.82 bits per heavy atom. The average Bonchev–Trinajstić information content (AvgIpc) is 1.95. The van der Waals surface area contributed by atoms with Gasteiger partial charge in [-0.3, -0.25) is 0 Å². The van der Waals surface area contributed by atoms with E-state index in [0.29, 0.717) is 11.4 Å². The Morgan fingerprint density at radius 3 is 2.27 bits per heavy atom. The number of rotatable bonds is 1. The van der Waals surface area contributed by atoms with E-state index in [1.165, 1.54) is 0 Å². The fourth-order valence-electron chi connectivity index (χ4n) is 0.599. The number of halogens is 1. The highest BCUT2D eigenvalue weighted by Crippen LogP contribution is 2.12. The minimum Gasteiger partial charge on any atom is -0.399 e. The monoisotopic (exact) mass is 171 g/mol. The summed E-state index contributed by atoms with van der Waals surface area (Å²) >= 11 is 0. The molecule has 1 rings (SSSR count). The summed E-state index contributed by atoms with van der Waals surface area (Å²) in [6, 6.07) is 6.83. The molecule has 0 unspecified atom stereocenters.